The van der Waals surface area contributed by atoms with Gasteiger partial charge in [0.1, 0.15) is 5.82 Å². The highest BCUT2D eigenvalue weighted by molar-refractivity contribution is 5.43. The van der Waals surface area contributed by atoms with Crippen LogP contribution in [0.2, 0.25) is 0 Å². The van der Waals surface area contributed by atoms with Crippen LogP contribution < -0.4 is 10.6 Å². The Balaban J connectivity index is 2.19. The summed E-state index contributed by atoms with van der Waals surface area (Å²) in [5.41, 5.74) is 1.11. The van der Waals surface area contributed by atoms with Crippen molar-refractivity contribution in [2.24, 2.45) is 0 Å². The molecule has 1 aromatic rings. The Morgan fingerprint density at radius 1 is 1.67 bits per heavy atom. The average molecular weight is 206 g/mol. The van der Waals surface area contributed by atoms with Crippen LogP contribution >= 0.6 is 0 Å². The molecule has 0 spiro atoms. The van der Waals surface area contributed by atoms with Gasteiger partial charge in [-0.05, 0) is 19.4 Å². The Labute approximate surface area is 90.4 Å². The summed E-state index contributed by atoms with van der Waals surface area (Å²) in [4.78, 5) is 0. The molecule has 1 fully saturated rings. The lowest BCUT2D eigenvalue weighted by Crippen LogP contribution is -2.27. The van der Waals surface area contributed by atoms with Crippen molar-refractivity contribution >= 4 is 12.0 Å². The van der Waals surface area contributed by atoms with E-state index in [1.807, 2.05) is 7.05 Å². The summed E-state index contributed by atoms with van der Waals surface area (Å²) in [6.45, 7) is 4.84. The highest BCUT2D eigenvalue weighted by Gasteiger charge is 2.18. The fourth-order valence-electron chi connectivity index (χ4n) is 2.01. The number of nitrogens with zero attached hydrogens (tertiary/aromatic N) is 2. The number of aromatic nitrogens is 2. The SMILES string of the molecule is C=Cn1nc(C2CCCCN2)cc1NC. The molecular weight excluding hydrogens is 188 g/mol. The molecule has 1 aliphatic rings. The second kappa shape index (κ2) is 4.49. The molecule has 1 aromatic heterocycles. The van der Waals surface area contributed by atoms with E-state index in [4.69, 9.17) is 0 Å². The van der Waals surface area contributed by atoms with Crippen molar-refractivity contribution in [3.05, 3.63) is 18.3 Å². The summed E-state index contributed by atoms with van der Waals surface area (Å²) in [5.74, 6) is 0.993. The zero-order valence-electron chi connectivity index (χ0n) is 9.16. The first-order valence-corrected chi connectivity index (χ1v) is 5.48. The monoisotopic (exact) mass is 206 g/mol. The minimum absolute atomic E-state index is 0.409. The zero-order valence-corrected chi connectivity index (χ0v) is 9.16. The predicted molar refractivity (Wildman–Crippen MR) is 62.8 cm³/mol. The van der Waals surface area contributed by atoms with Crippen molar-refractivity contribution in [3.63, 3.8) is 0 Å². The third-order valence-electron chi connectivity index (χ3n) is 2.85. The quantitative estimate of drug-likeness (QED) is 0.793. The van der Waals surface area contributed by atoms with Gasteiger partial charge < -0.3 is 10.6 Å². The lowest BCUT2D eigenvalue weighted by Gasteiger charge is -2.21. The topological polar surface area (TPSA) is 41.9 Å². The molecule has 4 nitrogen and oxygen atoms in total. The Morgan fingerprint density at radius 3 is 3.07 bits per heavy atom. The number of piperidine rings is 1. The van der Waals surface area contributed by atoms with Crippen LogP contribution in [0.15, 0.2) is 12.6 Å². The van der Waals surface area contributed by atoms with Crippen molar-refractivity contribution < 1.29 is 0 Å². The van der Waals surface area contributed by atoms with Gasteiger partial charge in [0.25, 0.3) is 0 Å². The van der Waals surface area contributed by atoms with E-state index in [0.29, 0.717) is 6.04 Å². The minimum atomic E-state index is 0.409. The Hall–Kier alpha value is -1.29. The fourth-order valence-corrected chi connectivity index (χ4v) is 2.01. The van der Waals surface area contributed by atoms with Gasteiger partial charge in [0.15, 0.2) is 0 Å². The predicted octanol–water partition coefficient (Wildman–Crippen LogP) is 1.84. The molecule has 1 unspecified atom stereocenters. The zero-order chi connectivity index (χ0) is 10.7. The number of hydrogen-bond donors (Lipinski definition) is 2. The van der Waals surface area contributed by atoms with Crippen LogP contribution in [0.1, 0.15) is 31.0 Å². The van der Waals surface area contributed by atoms with Crippen molar-refractivity contribution in [1.29, 1.82) is 0 Å². The maximum Gasteiger partial charge on any atom is 0.129 e. The fraction of sp³-hybridized carbons (Fsp3) is 0.545. The molecule has 2 N–H and O–H groups in total. The number of rotatable bonds is 3. The van der Waals surface area contributed by atoms with Gasteiger partial charge in [0, 0.05) is 19.3 Å². The van der Waals surface area contributed by atoms with Crippen molar-refractivity contribution in [2.45, 2.75) is 25.3 Å². The second-order valence-corrected chi connectivity index (χ2v) is 3.83. The molecule has 0 bridgehead atoms. The lowest BCUT2D eigenvalue weighted by molar-refractivity contribution is 0.404. The molecule has 1 atom stereocenters. The molecule has 0 aliphatic carbocycles. The van der Waals surface area contributed by atoms with Crippen molar-refractivity contribution in [2.75, 3.05) is 18.9 Å². The molecule has 0 aromatic carbocycles. The summed E-state index contributed by atoms with van der Waals surface area (Å²) in [5, 5.41) is 11.1. The molecule has 15 heavy (non-hydrogen) atoms. The van der Waals surface area contributed by atoms with E-state index in [0.717, 1.165) is 18.1 Å². The van der Waals surface area contributed by atoms with Gasteiger partial charge in [-0.2, -0.15) is 5.10 Å². The van der Waals surface area contributed by atoms with E-state index in [2.05, 4.69) is 28.4 Å². The van der Waals surface area contributed by atoms with Gasteiger partial charge in [-0.15, -0.1) is 0 Å². The maximum atomic E-state index is 4.50. The third kappa shape index (κ3) is 2.04. The largest absolute Gasteiger partial charge is 0.373 e. The maximum absolute atomic E-state index is 4.50. The van der Waals surface area contributed by atoms with Gasteiger partial charge in [-0.3, -0.25) is 0 Å². The van der Waals surface area contributed by atoms with E-state index >= 15 is 0 Å². The van der Waals surface area contributed by atoms with Crippen LogP contribution in [0.25, 0.3) is 6.20 Å². The van der Waals surface area contributed by atoms with Crippen molar-refractivity contribution in [3.8, 4) is 0 Å². The first kappa shape index (κ1) is 10.2. The van der Waals surface area contributed by atoms with Crippen LogP contribution in [-0.2, 0) is 0 Å². The minimum Gasteiger partial charge on any atom is -0.373 e. The van der Waals surface area contributed by atoms with E-state index in [9.17, 15) is 0 Å². The first-order valence-electron chi connectivity index (χ1n) is 5.48. The van der Waals surface area contributed by atoms with Crippen molar-refractivity contribution in [1.82, 2.24) is 15.1 Å². The van der Waals surface area contributed by atoms with Gasteiger partial charge in [-0.25, -0.2) is 4.68 Å². The summed E-state index contributed by atoms with van der Waals surface area (Å²) in [6, 6.07) is 2.50. The van der Waals surface area contributed by atoms with Gasteiger partial charge >= 0.3 is 0 Å². The van der Waals surface area contributed by atoms with Gasteiger partial charge in [0.2, 0.25) is 0 Å². The molecule has 1 saturated heterocycles. The first-order chi connectivity index (χ1) is 7.35. The van der Waals surface area contributed by atoms with E-state index in [1.165, 1.54) is 19.3 Å². The molecule has 1 aliphatic heterocycles. The normalized spacial score (nSPS) is 21.3. The van der Waals surface area contributed by atoms with Crippen LogP contribution in [0.3, 0.4) is 0 Å². The van der Waals surface area contributed by atoms with Gasteiger partial charge in [0.05, 0.1) is 11.7 Å². The molecule has 0 saturated carbocycles. The Bertz CT molecular complexity index is 336. The van der Waals surface area contributed by atoms with Gasteiger partial charge in [-0.1, -0.05) is 13.0 Å². The standard InChI is InChI=1S/C11H18N4/c1-3-15-11(12-2)8-10(14-15)9-6-4-5-7-13-9/h3,8-9,12-13H,1,4-7H2,2H3. The van der Waals surface area contributed by atoms with Crippen LogP contribution in [0.4, 0.5) is 5.82 Å². The molecule has 82 valence electrons. The van der Waals surface area contributed by atoms with E-state index in [1.54, 1.807) is 10.9 Å². The highest BCUT2D eigenvalue weighted by atomic mass is 15.3. The second-order valence-electron chi connectivity index (χ2n) is 3.83. The Kier molecular flexibility index (Phi) is 3.06. The lowest BCUT2D eigenvalue weighted by atomic mass is 10.0. The van der Waals surface area contributed by atoms with Crippen LogP contribution in [0, 0.1) is 0 Å². The van der Waals surface area contributed by atoms with Crippen LogP contribution in [-0.4, -0.2) is 23.4 Å². The summed E-state index contributed by atoms with van der Waals surface area (Å²) in [7, 11) is 1.90. The van der Waals surface area contributed by atoms with E-state index < -0.39 is 0 Å². The number of nitrogens with one attached hydrogen (secondary N) is 2. The smallest absolute Gasteiger partial charge is 0.129 e. The third-order valence-corrected chi connectivity index (χ3v) is 2.85. The molecular formula is C11H18N4. The molecule has 0 amide bonds. The number of hydrogen-bond acceptors (Lipinski definition) is 3. The molecule has 4 heteroatoms. The molecule has 2 rings (SSSR count). The summed E-state index contributed by atoms with van der Waals surface area (Å²) < 4.78 is 1.78. The summed E-state index contributed by atoms with van der Waals surface area (Å²) in [6.07, 6.45) is 5.46. The van der Waals surface area contributed by atoms with E-state index in [-0.39, 0.29) is 0 Å². The van der Waals surface area contributed by atoms with Crippen LogP contribution in [0.5, 0.6) is 0 Å². The molecule has 0 radical (unpaired) electrons. The number of anilines is 1. The Morgan fingerprint density at radius 2 is 2.53 bits per heavy atom. The highest BCUT2D eigenvalue weighted by Crippen LogP contribution is 2.24. The molecule has 2 heterocycles. The average Bonchev–Trinajstić information content (AvgIpc) is 2.73. The summed E-state index contributed by atoms with van der Waals surface area (Å²) >= 11 is 0.